The lowest BCUT2D eigenvalue weighted by Gasteiger charge is -2.18. The van der Waals surface area contributed by atoms with Crippen LogP contribution >= 0.6 is 0 Å². The molecule has 0 aromatic heterocycles. The van der Waals surface area contributed by atoms with Gasteiger partial charge in [-0.25, -0.2) is 9.29 Å². The van der Waals surface area contributed by atoms with Crippen LogP contribution in [0.3, 0.4) is 0 Å². The molecule has 0 saturated carbocycles. The van der Waals surface area contributed by atoms with Crippen LogP contribution in [-0.4, -0.2) is 18.4 Å². The van der Waals surface area contributed by atoms with Crippen LogP contribution in [0.25, 0.3) is 0 Å². The third kappa shape index (κ3) is 2.07. The van der Waals surface area contributed by atoms with E-state index in [-0.39, 0.29) is 5.69 Å². The van der Waals surface area contributed by atoms with Gasteiger partial charge in [-0.3, -0.25) is 9.59 Å². The number of amides is 2. The number of halogens is 1. The molecule has 4 nitrogen and oxygen atoms in total. The van der Waals surface area contributed by atoms with E-state index in [9.17, 15) is 14.0 Å². The lowest BCUT2D eigenvalue weighted by molar-refractivity contribution is 0.0926. The van der Waals surface area contributed by atoms with Gasteiger partial charge in [0.05, 0.1) is 22.5 Å². The van der Waals surface area contributed by atoms with Gasteiger partial charge >= 0.3 is 0 Å². The van der Waals surface area contributed by atoms with E-state index in [1.807, 2.05) is 6.92 Å². The van der Waals surface area contributed by atoms with E-state index in [1.165, 1.54) is 18.2 Å². The van der Waals surface area contributed by atoms with E-state index < -0.39 is 17.6 Å². The second-order valence-corrected chi connectivity index (χ2v) is 4.68. The molecule has 0 spiro atoms. The molecule has 0 radical (unpaired) electrons. The Morgan fingerprint density at radius 3 is 2.24 bits per heavy atom. The minimum Gasteiger partial charge on any atom is -0.384 e. The van der Waals surface area contributed by atoms with E-state index in [2.05, 4.69) is 5.32 Å². The highest BCUT2D eigenvalue weighted by atomic mass is 19.1. The van der Waals surface area contributed by atoms with Crippen LogP contribution in [-0.2, 0) is 0 Å². The first-order valence-corrected chi connectivity index (χ1v) is 6.64. The number of rotatable bonds is 3. The van der Waals surface area contributed by atoms with E-state index in [4.69, 9.17) is 0 Å². The molecule has 0 atom stereocenters. The smallest absolute Gasteiger partial charge is 0.266 e. The molecule has 1 N–H and O–H groups in total. The molecule has 21 heavy (non-hydrogen) atoms. The zero-order valence-corrected chi connectivity index (χ0v) is 11.4. The van der Waals surface area contributed by atoms with Crippen LogP contribution in [0, 0.1) is 5.82 Å². The molecule has 2 amide bonds. The molecule has 1 aliphatic heterocycles. The largest absolute Gasteiger partial charge is 0.384 e. The van der Waals surface area contributed by atoms with Crippen LogP contribution in [0.1, 0.15) is 27.6 Å². The molecule has 2 aromatic carbocycles. The second-order valence-electron chi connectivity index (χ2n) is 4.68. The fraction of sp³-hybridized carbons (Fsp3) is 0.125. The summed E-state index contributed by atoms with van der Waals surface area (Å²) in [7, 11) is 0. The lowest BCUT2D eigenvalue weighted by atomic mass is 10.1. The van der Waals surface area contributed by atoms with Crippen LogP contribution in [0.4, 0.5) is 15.8 Å². The van der Waals surface area contributed by atoms with E-state index in [0.29, 0.717) is 23.4 Å². The van der Waals surface area contributed by atoms with Gasteiger partial charge in [0.15, 0.2) is 0 Å². The molecule has 0 saturated heterocycles. The zero-order chi connectivity index (χ0) is 15.0. The van der Waals surface area contributed by atoms with Crippen LogP contribution < -0.4 is 10.2 Å². The molecule has 0 aliphatic carbocycles. The fourth-order valence-corrected chi connectivity index (χ4v) is 2.44. The number of fused-ring (bicyclic) bond motifs is 1. The summed E-state index contributed by atoms with van der Waals surface area (Å²) in [6, 6.07) is 10.6. The van der Waals surface area contributed by atoms with Gasteiger partial charge in [0.2, 0.25) is 0 Å². The summed E-state index contributed by atoms with van der Waals surface area (Å²) in [4.78, 5) is 25.9. The molecule has 0 bridgehead atoms. The van der Waals surface area contributed by atoms with Gasteiger partial charge in [0, 0.05) is 12.6 Å². The quantitative estimate of drug-likeness (QED) is 0.881. The Morgan fingerprint density at radius 1 is 1.05 bits per heavy atom. The first kappa shape index (κ1) is 13.3. The fourth-order valence-electron chi connectivity index (χ4n) is 2.44. The van der Waals surface area contributed by atoms with E-state index in [0.717, 1.165) is 4.90 Å². The summed E-state index contributed by atoms with van der Waals surface area (Å²) in [6.07, 6.45) is 0. The Kier molecular flexibility index (Phi) is 3.17. The van der Waals surface area contributed by atoms with Gasteiger partial charge in [0.1, 0.15) is 5.82 Å². The highest BCUT2D eigenvalue weighted by Crippen LogP contribution is 2.33. The standard InChI is InChI=1S/C16H13FN2O2/c1-2-18-13-8-7-10(17)9-14(13)19-15(20)11-5-3-4-6-12(11)16(19)21/h3-9,18H,2H2,1H3. The predicted molar refractivity (Wildman–Crippen MR) is 78.1 cm³/mol. The summed E-state index contributed by atoms with van der Waals surface area (Å²) < 4.78 is 13.5. The van der Waals surface area contributed by atoms with Crippen molar-refractivity contribution in [3.05, 3.63) is 59.4 Å². The first-order valence-electron chi connectivity index (χ1n) is 6.64. The molecule has 0 unspecified atom stereocenters. The first-order chi connectivity index (χ1) is 10.1. The monoisotopic (exact) mass is 284 g/mol. The maximum Gasteiger partial charge on any atom is 0.266 e. The van der Waals surface area contributed by atoms with Crippen molar-refractivity contribution in [3.63, 3.8) is 0 Å². The van der Waals surface area contributed by atoms with Crippen molar-refractivity contribution in [2.75, 3.05) is 16.8 Å². The number of anilines is 2. The molecule has 1 heterocycles. The Labute approximate surface area is 121 Å². The van der Waals surface area contributed by atoms with E-state index in [1.54, 1.807) is 24.3 Å². The summed E-state index contributed by atoms with van der Waals surface area (Å²) in [6.45, 7) is 2.48. The highest BCUT2D eigenvalue weighted by molar-refractivity contribution is 6.35. The van der Waals surface area contributed by atoms with Crippen molar-refractivity contribution in [2.24, 2.45) is 0 Å². The normalized spacial score (nSPS) is 13.5. The minimum atomic E-state index is -0.497. The number of carbonyl (C=O) groups is 2. The zero-order valence-electron chi connectivity index (χ0n) is 11.4. The minimum absolute atomic E-state index is 0.239. The molecular weight excluding hydrogens is 271 g/mol. The molecular formula is C16H13FN2O2. The van der Waals surface area contributed by atoms with Crippen molar-refractivity contribution >= 4 is 23.2 Å². The maximum atomic E-state index is 13.5. The number of benzene rings is 2. The van der Waals surface area contributed by atoms with Gasteiger partial charge in [-0.1, -0.05) is 12.1 Å². The lowest BCUT2D eigenvalue weighted by Crippen LogP contribution is -2.30. The number of hydrogen-bond donors (Lipinski definition) is 1. The number of nitrogens with zero attached hydrogens (tertiary/aromatic N) is 1. The summed E-state index contributed by atoms with van der Waals surface area (Å²) in [5, 5.41) is 3.04. The van der Waals surface area contributed by atoms with Gasteiger partial charge in [0.25, 0.3) is 11.8 Å². The molecule has 106 valence electrons. The number of carbonyl (C=O) groups excluding carboxylic acids is 2. The van der Waals surface area contributed by atoms with Gasteiger partial charge < -0.3 is 5.32 Å². The summed E-state index contributed by atoms with van der Waals surface area (Å²) in [5.41, 5.74) is 1.47. The Balaban J connectivity index is 2.13. The van der Waals surface area contributed by atoms with Crippen LogP contribution in [0.2, 0.25) is 0 Å². The van der Waals surface area contributed by atoms with Crippen LogP contribution in [0.15, 0.2) is 42.5 Å². The average Bonchev–Trinajstić information content (AvgIpc) is 2.74. The van der Waals surface area contributed by atoms with Gasteiger partial charge in [-0.2, -0.15) is 0 Å². The van der Waals surface area contributed by atoms with Crippen molar-refractivity contribution < 1.29 is 14.0 Å². The topological polar surface area (TPSA) is 49.4 Å². The van der Waals surface area contributed by atoms with Crippen molar-refractivity contribution in [1.29, 1.82) is 0 Å². The molecule has 3 rings (SSSR count). The van der Waals surface area contributed by atoms with Crippen molar-refractivity contribution in [1.82, 2.24) is 0 Å². The molecule has 5 heteroatoms. The van der Waals surface area contributed by atoms with Crippen molar-refractivity contribution in [2.45, 2.75) is 6.92 Å². The molecule has 0 fully saturated rings. The number of hydrogen-bond acceptors (Lipinski definition) is 3. The number of nitrogens with one attached hydrogen (secondary N) is 1. The highest BCUT2D eigenvalue weighted by Gasteiger charge is 2.37. The van der Waals surface area contributed by atoms with Gasteiger partial charge in [-0.05, 0) is 31.2 Å². The van der Waals surface area contributed by atoms with Gasteiger partial charge in [-0.15, -0.1) is 0 Å². The summed E-state index contributed by atoms with van der Waals surface area (Å²) in [5.74, 6) is -1.36. The predicted octanol–water partition coefficient (Wildman–Crippen LogP) is 3.06. The number of imide groups is 1. The second kappa shape index (κ2) is 5.01. The summed E-state index contributed by atoms with van der Waals surface area (Å²) >= 11 is 0. The Bertz CT molecular complexity index is 708. The SMILES string of the molecule is CCNc1ccc(F)cc1N1C(=O)c2ccccc2C1=O. The van der Waals surface area contributed by atoms with Crippen molar-refractivity contribution in [3.8, 4) is 0 Å². The molecule has 1 aliphatic rings. The third-order valence-electron chi connectivity index (χ3n) is 3.36. The Hall–Kier alpha value is -2.69. The Morgan fingerprint density at radius 2 is 1.67 bits per heavy atom. The van der Waals surface area contributed by atoms with E-state index >= 15 is 0 Å². The third-order valence-corrected chi connectivity index (χ3v) is 3.36. The maximum absolute atomic E-state index is 13.5. The average molecular weight is 284 g/mol. The molecule has 2 aromatic rings. The van der Waals surface area contributed by atoms with Crippen LogP contribution in [0.5, 0.6) is 0 Å².